The molecule has 0 bridgehead atoms. The molecule has 0 aliphatic rings. The van der Waals surface area contributed by atoms with Crippen LogP contribution in [0.1, 0.15) is 0 Å². The lowest BCUT2D eigenvalue weighted by molar-refractivity contribution is 1.16. The Morgan fingerprint density at radius 3 is 1.90 bits per heavy atom. The first-order valence-electron chi connectivity index (χ1n) is 14.2. The standard InChI is InChI=1S/C38H24N4/c1-3-13-25(14-4-1)35-29-18-7-10-20-31(29)39-38(40-35)34-30-19-9-11-21-32(30)41-24-23-28-27-17-8-12-22-33(27)42(36(28)37(34)41)26-15-5-2-6-16-26/h1-24H. The van der Waals surface area contributed by atoms with Gasteiger partial charge in [0.05, 0.1) is 38.8 Å². The van der Waals surface area contributed by atoms with Crippen molar-refractivity contribution < 1.29 is 0 Å². The van der Waals surface area contributed by atoms with E-state index >= 15 is 0 Å². The zero-order valence-electron chi connectivity index (χ0n) is 22.6. The molecule has 0 aliphatic carbocycles. The summed E-state index contributed by atoms with van der Waals surface area (Å²) in [6, 6.07) is 48.9. The minimum atomic E-state index is 0.726. The number of pyridine rings is 1. The van der Waals surface area contributed by atoms with Crippen LogP contribution in [0.25, 0.3) is 77.5 Å². The van der Waals surface area contributed by atoms with Gasteiger partial charge in [0.1, 0.15) is 0 Å². The second-order valence-electron chi connectivity index (χ2n) is 10.7. The number of rotatable bonds is 3. The molecule has 0 amide bonds. The molecule has 42 heavy (non-hydrogen) atoms. The quantitative estimate of drug-likeness (QED) is 0.225. The lowest BCUT2D eigenvalue weighted by atomic mass is 10.0. The fourth-order valence-corrected chi connectivity index (χ4v) is 6.54. The lowest BCUT2D eigenvalue weighted by Crippen LogP contribution is -1.98. The third-order valence-electron chi connectivity index (χ3n) is 8.33. The van der Waals surface area contributed by atoms with Gasteiger partial charge in [-0.15, -0.1) is 0 Å². The molecular formula is C38H24N4. The van der Waals surface area contributed by atoms with E-state index in [-0.39, 0.29) is 0 Å². The van der Waals surface area contributed by atoms with Gasteiger partial charge >= 0.3 is 0 Å². The van der Waals surface area contributed by atoms with Crippen LogP contribution in [0.15, 0.2) is 146 Å². The summed E-state index contributed by atoms with van der Waals surface area (Å²) in [5.74, 6) is 0.726. The van der Waals surface area contributed by atoms with Crippen molar-refractivity contribution >= 4 is 49.1 Å². The number of hydrogen-bond donors (Lipinski definition) is 0. The molecule has 0 saturated carbocycles. The Hall–Kier alpha value is -5.74. The number of fused-ring (bicyclic) bond motifs is 8. The molecule has 0 saturated heterocycles. The molecule has 0 unspecified atom stereocenters. The first kappa shape index (κ1) is 23.0. The topological polar surface area (TPSA) is 35.1 Å². The minimum absolute atomic E-state index is 0.726. The average molecular weight is 537 g/mol. The molecule has 9 rings (SSSR count). The molecular weight excluding hydrogens is 512 g/mol. The first-order chi connectivity index (χ1) is 20.9. The molecule has 5 aromatic carbocycles. The zero-order valence-corrected chi connectivity index (χ0v) is 22.6. The summed E-state index contributed by atoms with van der Waals surface area (Å²) in [5, 5.41) is 4.60. The predicted octanol–water partition coefficient (Wildman–Crippen LogP) is 9.47. The van der Waals surface area contributed by atoms with Crippen LogP contribution in [-0.4, -0.2) is 18.9 Å². The van der Waals surface area contributed by atoms with Crippen molar-refractivity contribution in [2.75, 3.05) is 0 Å². The van der Waals surface area contributed by atoms with Gasteiger partial charge in [0.2, 0.25) is 0 Å². The van der Waals surface area contributed by atoms with E-state index < -0.39 is 0 Å². The highest BCUT2D eigenvalue weighted by atomic mass is 15.0. The highest BCUT2D eigenvalue weighted by molar-refractivity contribution is 6.20. The summed E-state index contributed by atoms with van der Waals surface area (Å²) in [4.78, 5) is 10.6. The third kappa shape index (κ3) is 3.23. The van der Waals surface area contributed by atoms with Crippen molar-refractivity contribution in [3.63, 3.8) is 0 Å². The van der Waals surface area contributed by atoms with Crippen molar-refractivity contribution in [3.05, 3.63) is 146 Å². The highest BCUT2D eigenvalue weighted by Crippen LogP contribution is 2.42. The van der Waals surface area contributed by atoms with Crippen molar-refractivity contribution in [3.8, 4) is 28.3 Å². The van der Waals surface area contributed by atoms with Crippen molar-refractivity contribution in [1.82, 2.24) is 18.9 Å². The molecule has 4 heteroatoms. The summed E-state index contributed by atoms with van der Waals surface area (Å²) < 4.78 is 4.70. The van der Waals surface area contributed by atoms with E-state index in [1.165, 1.54) is 16.3 Å². The predicted molar refractivity (Wildman–Crippen MR) is 173 cm³/mol. The van der Waals surface area contributed by atoms with Crippen molar-refractivity contribution in [2.24, 2.45) is 0 Å². The Morgan fingerprint density at radius 1 is 0.452 bits per heavy atom. The van der Waals surface area contributed by atoms with Crippen LogP contribution in [0.5, 0.6) is 0 Å². The van der Waals surface area contributed by atoms with Crippen molar-refractivity contribution in [2.45, 2.75) is 0 Å². The van der Waals surface area contributed by atoms with Gasteiger partial charge in [-0.3, -0.25) is 0 Å². The molecule has 0 atom stereocenters. The molecule has 0 radical (unpaired) electrons. The maximum atomic E-state index is 5.34. The fourth-order valence-electron chi connectivity index (χ4n) is 6.54. The molecule has 0 N–H and O–H groups in total. The number of nitrogens with zero attached hydrogens (tertiary/aromatic N) is 4. The van der Waals surface area contributed by atoms with Crippen LogP contribution in [-0.2, 0) is 0 Å². The van der Waals surface area contributed by atoms with Crippen LogP contribution in [0, 0.1) is 0 Å². The van der Waals surface area contributed by atoms with Gasteiger partial charge in [-0.05, 0) is 36.4 Å². The van der Waals surface area contributed by atoms with E-state index in [9.17, 15) is 0 Å². The van der Waals surface area contributed by atoms with E-state index in [1.54, 1.807) is 0 Å². The molecule has 0 spiro atoms. The van der Waals surface area contributed by atoms with Gasteiger partial charge in [0.15, 0.2) is 5.82 Å². The molecule has 4 heterocycles. The van der Waals surface area contributed by atoms with Gasteiger partial charge in [-0.2, -0.15) is 0 Å². The van der Waals surface area contributed by atoms with Crippen LogP contribution in [0.3, 0.4) is 0 Å². The minimum Gasteiger partial charge on any atom is -0.314 e. The molecule has 9 aromatic rings. The molecule has 0 aliphatic heterocycles. The second kappa shape index (κ2) is 8.88. The summed E-state index contributed by atoms with van der Waals surface area (Å²) in [5.41, 5.74) is 9.66. The normalized spacial score (nSPS) is 11.8. The van der Waals surface area contributed by atoms with Gasteiger partial charge < -0.3 is 8.97 Å². The van der Waals surface area contributed by atoms with E-state index in [4.69, 9.17) is 9.97 Å². The zero-order chi connectivity index (χ0) is 27.6. The van der Waals surface area contributed by atoms with Gasteiger partial charge in [-0.25, -0.2) is 9.97 Å². The van der Waals surface area contributed by atoms with E-state index in [1.807, 2.05) is 6.07 Å². The Morgan fingerprint density at radius 2 is 1.10 bits per heavy atom. The Labute approximate surface area is 241 Å². The number of para-hydroxylation sites is 4. The van der Waals surface area contributed by atoms with Crippen LogP contribution in [0.4, 0.5) is 0 Å². The van der Waals surface area contributed by atoms with E-state index in [0.717, 1.165) is 61.2 Å². The second-order valence-corrected chi connectivity index (χ2v) is 10.7. The van der Waals surface area contributed by atoms with Gasteiger partial charge in [-0.1, -0.05) is 103 Å². The summed E-state index contributed by atoms with van der Waals surface area (Å²) in [6.07, 6.45) is 2.20. The number of hydrogen-bond acceptors (Lipinski definition) is 2. The van der Waals surface area contributed by atoms with Gasteiger partial charge in [0.25, 0.3) is 0 Å². The monoisotopic (exact) mass is 536 g/mol. The summed E-state index contributed by atoms with van der Waals surface area (Å²) in [7, 11) is 0. The summed E-state index contributed by atoms with van der Waals surface area (Å²) >= 11 is 0. The van der Waals surface area contributed by atoms with E-state index in [2.05, 4.69) is 149 Å². The lowest BCUT2D eigenvalue weighted by Gasteiger charge is -2.12. The van der Waals surface area contributed by atoms with Crippen LogP contribution in [0.2, 0.25) is 0 Å². The average Bonchev–Trinajstić information content (AvgIpc) is 3.58. The number of aromatic nitrogens is 4. The molecule has 196 valence electrons. The van der Waals surface area contributed by atoms with Crippen molar-refractivity contribution in [1.29, 1.82) is 0 Å². The SMILES string of the molecule is c1ccc(-c2nc(-c3c4ccccc4n4ccc5c6ccccc6n(-c6ccccc6)c5c34)nc3ccccc23)cc1. The fraction of sp³-hybridized carbons (Fsp3) is 0. The van der Waals surface area contributed by atoms with E-state index in [0.29, 0.717) is 0 Å². The largest absolute Gasteiger partial charge is 0.314 e. The molecule has 4 nitrogen and oxygen atoms in total. The smallest absolute Gasteiger partial charge is 0.163 e. The van der Waals surface area contributed by atoms with Crippen LogP contribution < -0.4 is 0 Å². The number of benzene rings is 5. The molecule has 0 fully saturated rings. The maximum Gasteiger partial charge on any atom is 0.163 e. The van der Waals surface area contributed by atoms with Gasteiger partial charge in [0, 0.05) is 39.0 Å². The molecule has 4 aromatic heterocycles. The Balaban J connectivity index is 1.51. The third-order valence-corrected chi connectivity index (χ3v) is 8.33. The highest BCUT2D eigenvalue weighted by Gasteiger charge is 2.23. The summed E-state index contributed by atoms with van der Waals surface area (Å²) in [6.45, 7) is 0. The Bertz CT molecular complexity index is 2450. The first-order valence-corrected chi connectivity index (χ1v) is 14.2. The maximum absolute atomic E-state index is 5.34. The Kier molecular flexibility index (Phi) is 4.87. The van der Waals surface area contributed by atoms with Crippen LogP contribution >= 0.6 is 0 Å².